The molecule has 152 valence electrons. The number of nitro benzene ring substituents is 1. The fourth-order valence-electron chi connectivity index (χ4n) is 3.29. The zero-order valence-corrected chi connectivity index (χ0v) is 16.9. The number of rotatable bonds is 3. The third-order valence-corrected chi connectivity index (χ3v) is 5.40. The maximum Gasteiger partial charge on any atom is 0.313 e. The largest absolute Gasteiger partial charge is 0.368 e. The number of nitrogens with one attached hydrogen (secondary N) is 1. The maximum absolute atomic E-state index is 12.5. The van der Waals surface area contributed by atoms with Crippen LogP contribution in [-0.4, -0.2) is 47.8 Å². The zero-order valence-electron chi connectivity index (χ0n) is 16.1. The monoisotopic (exact) mass is 416 g/mol. The van der Waals surface area contributed by atoms with Gasteiger partial charge in [0.1, 0.15) is 5.02 Å². The molecule has 8 nitrogen and oxygen atoms in total. The Morgan fingerprint density at radius 3 is 2.45 bits per heavy atom. The molecule has 1 heterocycles. The Kier molecular flexibility index (Phi) is 6.03. The van der Waals surface area contributed by atoms with E-state index in [1.54, 1.807) is 0 Å². The molecule has 2 aromatic rings. The lowest BCUT2D eigenvalue weighted by molar-refractivity contribution is -0.384. The minimum Gasteiger partial charge on any atom is -0.368 e. The van der Waals surface area contributed by atoms with Gasteiger partial charge in [-0.1, -0.05) is 23.7 Å². The molecule has 0 radical (unpaired) electrons. The van der Waals surface area contributed by atoms with Gasteiger partial charge in [-0.25, -0.2) is 0 Å². The number of halogens is 1. The molecule has 1 aliphatic heterocycles. The van der Waals surface area contributed by atoms with E-state index in [1.165, 1.54) is 28.2 Å². The molecule has 29 heavy (non-hydrogen) atoms. The molecular weight excluding hydrogens is 396 g/mol. The lowest BCUT2D eigenvalue weighted by Crippen LogP contribution is -2.51. The van der Waals surface area contributed by atoms with Gasteiger partial charge < -0.3 is 15.1 Å². The van der Waals surface area contributed by atoms with Gasteiger partial charge in [0.05, 0.1) is 4.92 Å². The van der Waals surface area contributed by atoms with Crippen LogP contribution in [0.15, 0.2) is 36.4 Å². The van der Waals surface area contributed by atoms with E-state index >= 15 is 0 Å². The maximum atomic E-state index is 12.5. The highest BCUT2D eigenvalue weighted by molar-refractivity contribution is 6.39. The van der Waals surface area contributed by atoms with Crippen LogP contribution in [0.4, 0.5) is 17.1 Å². The summed E-state index contributed by atoms with van der Waals surface area (Å²) in [6.07, 6.45) is 0. The average molecular weight is 417 g/mol. The molecule has 0 unspecified atom stereocenters. The van der Waals surface area contributed by atoms with Crippen molar-refractivity contribution in [2.24, 2.45) is 0 Å². The van der Waals surface area contributed by atoms with Crippen LogP contribution >= 0.6 is 11.6 Å². The fraction of sp³-hybridized carbons (Fsp3) is 0.300. The summed E-state index contributed by atoms with van der Waals surface area (Å²) in [4.78, 5) is 38.8. The summed E-state index contributed by atoms with van der Waals surface area (Å²) in [5, 5.41) is 13.3. The van der Waals surface area contributed by atoms with Crippen LogP contribution < -0.4 is 10.2 Å². The topological polar surface area (TPSA) is 95.8 Å². The molecule has 2 aromatic carbocycles. The van der Waals surface area contributed by atoms with Gasteiger partial charge in [-0.3, -0.25) is 19.7 Å². The molecule has 1 saturated heterocycles. The normalized spacial score (nSPS) is 13.9. The first kappa shape index (κ1) is 20.6. The van der Waals surface area contributed by atoms with E-state index in [-0.39, 0.29) is 16.4 Å². The van der Waals surface area contributed by atoms with Crippen molar-refractivity contribution in [1.29, 1.82) is 0 Å². The molecule has 0 bridgehead atoms. The minimum absolute atomic E-state index is 0.0399. The van der Waals surface area contributed by atoms with E-state index in [2.05, 4.69) is 36.2 Å². The predicted molar refractivity (Wildman–Crippen MR) is 111 cm³/mol. The number of carbonyl (C=O) groups is 2. The highest BCUT2D eigenvalue weighted by Gasteiger charge is 2.27. The van der Waals surface area contributed by atoms with Gasteiger partial charge in [-0.2, -0.15) is 0 Å². The molecule has 1 aliphatic rings. The quantitative estimate of drug-likeness (QED) is 0.471. The van der Waals surface area contributed by atoms with Crippen LogP contribution in [0.25, 0.3) is 0 Å². The Morgan fingerprint density at radius 2 is 1.79 bits per heavy atom. The SMILES string of the molecule is Cc1cccc(N2CCN(C(=O)C(=O)Nc3ccc(Cl)c([N+](=O)[O-])c3)CC2)c1C. The molecule has 9 heteroatoms. The minimum atomic E-state index is -0.832. The van der Waals surface area contributed by atoms with E-state index in [0.29, 0.717) is 26.2 Å². The number of nitro groups is 1. The average Bonchev–Trinajstić information content (AvgIpc) is 2.71. The van der Waals surface area contributed by atoms with E-state index in [4.69, 9.17) is 11.6 Å². The van der Waals surface area contributed by atoms with Gasteiger partial charge in [0.15, 0.2) is 0 Å². The number of piperazine rings is 1. The van der Waals surface area contributed by atoms with Gasteiger partial charge in [-0.15, -0.1) is 0 Å². The van der Waals surface area contributed by atoms with Gasteiger partial charge in [0, 0.05) is 43.6 Å². The molecule has 3 rings (SSSR count). The summed E-state index contributed by atoms with van der Waals surface area (Å²) in [7, 11) is 0. The smallest absolute Gasteiger partial charge is 0.313 e. The molecule has 0 saturated carbocycles. The number of hydrogen-bond acceptors (Lipinski definition) is 5. The number of nitrogens with zero attached hydrogens (tertiary/aromatic N) is 3. The second-order valence-electron chi connectivity index (χ2n) is 6.88. The van der Waals surface area contributed by atoms with Gasteiger partial charge in [0.25, 0.3) is 5.69 Å². The first-order valence-electron chi connectivity index (χ1n) is 9.13. The third-order valence-electron chi connectivity index (χ3n) is 5.08. The molecule has 0 spiro atoms. The number of aryl methyl sites for hydroxylation is 1. The van der Waals surface area contributed by atoms with Crippen LogP contribution in [0.5, 0.6) is 0 Å². The second-order valence-corrected chi connectivity index (χ2v) is 7.28. The summed E-state index contributed by atoms with van der Waals surface area (Å²) in [5.41, 5.74) is 3.36. The highest BCUT2D eigenvalue weighted by atomic mass is 35.5. The van der Waals surface area contributed by atoms with E-state index < -0.39 is 16.7 Å². The van der Waals surface area contributed by atoms with Crippen LogP contribution in [0, 0.1) is 24.0 Å². The Bertz CT molecular complexity index is 971. The van der Waals surface area contributed by atoms with Crippen molar-refractivity contribution in [2.75, 3.05) is 36.4 Å². The predicted octanol–water partition coefficient (Wildman–Crippen LogP) is 3.15. The Labute approximate surface area is 173 Å². The van der Waals surface area contributed by atoms with Crippen molar-refractivity contribution >= 4 is 40.5 Å². The summed E-state index contributed by atoms with van der Waals surface area (Å²) >= 11 is 5.76. The molecule has 0 atom stereocenters. The molecule has 0 aliphatic carbocycles. The molecule has 2 amide bonds. The van der Waals surface area contributed by atoms with Crippen LogP contribution in [0.1, 0.15) is 11.1 Å². The number of hydrogen-bond donors (Lipinski definition) is 1. The Morgan fingerprint density at radius 1 is 1.10 bits per heavy atom. The number of carbonyl (C=O) groups excluding carboxylic acids is 2. The lowest BCUT2D eigenvalue weighted by Gasteiger charge is -2.36. The zero-order chi connectivity index (χ0) is 21.1. The molecule has 1 fully saturated rings. The number of benzene rings is 2. The summed E-state index contributed by atoms with van der Waals surface area (Å²) in [6, 6.07) is 9.98. The summed E-state index contributed by atoms with van der Waals surface area (Å²) in [5.74, 6) is -1.50. The van der Waals surface area contributed by atoms with Crippen molar-refractivity contribution in [3.8, 4) is 0 Å². The van der Waals surface area contributed by atoms with Gasteiger partial charge in [0.2, 0.25) is 0 Å². The second kappa shape index (κ2) is 8.48. The van der Waals surface area contributed by atoms with Crippen molar-refractivity contribution in [3.63, 3.8) is 0 Å². The summed E-state index contributed by atoms with van der Waals surface area (Å²) in [6.45, 7) is 6.21. The Hall–Kier alpha value is -3.13. The van der Waals surface area contributed by atoms with Crippen molar-refractivity contribution in [3.05, 3.63) is 62.7 Å². The van der Waals surface area contributed by atoms with Crippen molar-refractivity contribution in [2.45, 2.75) is 13.8 Å². The molecular formula is C20H21ClN4O4. The van der Waals surface area contributed by atoms with Crippen LogP contribution in [-0.2, 0) is 9.59 Å². The first-order valence-corrected chi connectivity index (χ1v) is 9.51. The molecule has 1 N–H and O–H groups in total. The van der Waals surface area contributed by atoms with Crippen LogP contribution in [0.3, 0.4) is 0 Å². The van der Waals surface area contributed by atoms with E-state index in [1.807, 2.05) is 6.07 Å². The van der Waals surface area contributed by atoms with Gasteiger partial charge in [-0.05, 0) is 43.2 Å². The number of amides is 2. The van der Waals surface area contributed by atoms with Crippen molar-refractivity contribution < 1.29 is 14.5 Å². The number of anilines is 2. The van der Waals surface area contributed by atoms with E-state index in [0.717, 1.165) is 11.8 Å². The van der Waals surface area contributed by atoms with Crippen molar-refractivity contribution in [1.82, 2.24) is 4.90 Å². The van der Waals surface area contributed by atoms with E-state index in [9.17, 15) is 19.7 Å². The highest BCUT2D eigenvalue weighted by Crippen LogP contribution is 2.27. The molecule has 0 aromatic heterocycles. The fourth-order valence-corrected chi connectivity index (χ4v) is 3.47. The third kappa shape index (κ3) is 4.48. The first-order chi connectivity index (χ1) is 13.8. The Balaban J connectivity index is 1.62. The standard InChI is InChI=1S/C20H21ClN4O4/c1-13-4-3-5-17(14(13)2)23-8-10-24(11-9-23)20(27)19(26)22-15-6-7-16(21)18(12-15)25(28)29/h3-7,12H,8-11H2,1-2H3,(H,22,26). The van der Waals surface area contributed by atoms with Gasteiger partial charge >= 0.3 is 11.8 Å². The lowest BCUT2D eigenvalue weighted by atomic mass is 10.1. The van der Waals surface area contributed by atoms with Crippen LogP contribution in [0.2, 0.25) is 5.02 Å². The summed E-state index contributed by atoms with van der Waals surface area (Å²) < 4.78 is 0.